The van der Waals surface area contributed by atoms with Gasteiger partial charge in [-0.3, -0.25) is 9.59 Å². The SMILES string of the molecule is CC(C)N(CC(=O)O)C(=O)[C@@H](N)Cc1ccc(O)cc1. The van der Waals surface area contributed by atoms with Crippen molar-refractivity contribution in [2.24, 2.45) is 5.73 Å². The minimum atomic E-state index is -1.07. The Bertz CT molecular complexity index is 471. The standard InChI is InChI=1S/C14H20N2O4/c1-9(2)16(8-13(18)19)14(20)12(15)7-10-3-5-11(17)6-4-10/h3-6,9,12,17H,7-8,15H2,1-2H3,(H,18,19)/t12-/m0/s1. The number of nitrogens with two attached hydrogens (primary N) is 1. The van der Waals surface area contributed by atoms with Gasteiger partial charge in [-0.1, -0.05) is 12.1 Å². The van der Waals surface area contributed by atoms with E-state index in [0.29, 0.717) is 6.42 Å². The zero-order chi connectivity index (χ0) is 15.3. The lowest BCUT2D eigenvalue weighted by atomic mass is 10.0. The van der Waals surface area contributed by atoms with E-state index in [1.807, 2.05) is 0 Å². The van der Waals surface area contributed by atoms with Crippen molar-refractivity contribution in [1.82, 2.24) is 4.90 Å². The number of carboxylic acid groups (broad SMARTS) is 1. The first-order chi connectivity index (χ1) is 9.31. The van der Waals surface area contributed by atoms with Crippen LogP contribution in [0.25, 0.3) is 0 Å². The zero-order valence-corrected chi connectivity index (χ0v) is 11.6. The summed E-state index contributed by atoms with van der Waals surface area (Å²) in [6.07, 6.45) is 0.294. The molecule has 0 aliphatic heterocycles. The quantitative estimate of drug-likeness (QED) is 0.707. The van der Waals surface area contributed by atoms with Crippen LogP contribution in [0.2, 0.25) is 0 Å². The predicted molar refractivity (Wildman–Crippen MR) is 74.3 cm³/mol. The van der Waals surface area contributed by atoms with Gasteiger partial charge in [0.15, 0.2) is 0 Å². The van der Waals surface area contributed by atoms with Gasteiger partial charge in [-0.15, -0.1) is 0 Å². The van der Waals surface area contributed by atoms with Gasteiger partial charge in [-0.25, -0.2) is 0 Å². The summed E-state index contributed by atoms with van der Waals surface area (Å²) in [5, 5.41) is 18.0. The third kappa shape index (κ3) is 4.55. The van der Waals surface area contributed by atoms with Gasteiger partial charge in [0.2, 0.25) is 5.91 Å². The van der Waals surface area contributed by atoms with E-state index in [2.05, 4.69) is 0 Å². The number of benzene rings is 1. The summed E-state index contributed by atoms with van der Waals surface area (Å²) in [6.45, 7) is 3.13. The molecular weight excluding hydrogens is 260 g/mol. The smallest absolute Gasteiger partial charge is 0.323 e. The monoisotopic (exact) mass is 280 g/mol. The predicted octanol–water partition coefficient (Wildman–Crippen LogP) is 0.584. The maximum absolute atomic E-state index is 12.2. The Morgan fingerprint density at radius 1 is 1.25 bits per heavy atom. The molecule has 1 rings (SSSR count). The molecule has 4 N–H and O–H groups in total. The molecule has 1 amide bonds. The van der Waals surface area contributed by atoms with E-state index >= 15 is 0 Å². The molecule has 0 bridgehead atoms. The second-order valence-corrected chi connectivity index (χ2v) is 4.93. The van der Waals surface area contributed by atoms with E-state index in [1.165, 1.54) is 17.0 Å². The molecule has 0 aromatic heterocycles. The van der Waals surface area contributed by atoms with Gasteiger partial charge in [-0.05, 0) is 38.0 Å². The topological polar surface area (TPSA) is 104 Å². The van der Waals surface area contributed by atoms with Crippen LogP contribution in [0.3, 0.4) is 0 Å². The van der Waals surface area contributed by atoms with E-state index in [4.69, 9.17) is 10.8 Å². The van der Waals surface area contributed by atoms with E-state index in [-0.39, 0.29) is 18.3 Å². The molecule has 6 nitrogen and oxygen atoms in total. The lowest BCUT2D eigenvalue weighted by Crippen LogP contribution is -2.49. The third-order valence-electron chi connectivity index (χ3n) is 2.92. The molecule has 0 spiro atoms. The van der Waals surface area contributed by atoms with Crippen molar-refractivity contribution >= 4 is 11.9 Å². The highest BCUT2D eigenvalue weighted by Gasteiger charge is 2.25. The Balaban J connectivity index is 2.73. The van der Waals surface area contributed by atoms with Crippen LogP contribution in [0.5, 0.6) is 5.75 Å². The van der Waals surface area contributed by atoms with E-state index in [1.54, 1.807) is 26.0 Å². The molecule has 20 heavy (non-hydrogen) atoms. The molecule has 6 heteroatoms. The fourth-order valence-electron chi connectivity index (χ4n) is 1.85. The number of aromatic hydroxyl groups is 1. The van der Waals surface area contributed by atoms with Crippen LogP contribution < -0.4 is 5.73 Å². The molecule has 0 unspecified atom stereocenters. The second-order valence-electron chi connectivity index (χ2n) is 4.93. The van der Waals surface area contributed by atoms with Gasteiger partial charge in [0.25, 0.3) is 0 Å². The fraction of sp³-hybridized carbons (Fsp3) is 0.429. The largest absolute Gasteiger partial charge is 0.508 e. The van der Waals surface area contributed by atoms with Gasteiger partial charge in [0.05, 0.1) is 6.04 Å². The number of hydrogen-bond donors (Lipinski definition) is 3. The van der Waals surface area contributed by atoms with Crippen LogP contribution in [0.1, 0.15) is 19.4 Å². The molecule has 1 aromatic carbocycles. The molecule has 0 aliphatic carbocycles. The normalized spacial score (nSPS) is 12.2. The van der Waals surface area contributed by atoms with Crippen LogP contribution in [0, 0.1) is 0 Å². The minimum absolute atomic E-state index is 0.142. The molecule has 0 saturated heterocycles. The lowest BCUT2D eigenvalue weighted by molar-refractivity contribution is -0.146. The molecule has 110 valence electrons. The number of phenolic OH excluding ortho intramolecular Hbond substituents is 1. The van der Waals surface area contributed by atoms with Gasteiger partial charge < -0.3 is 20.8 Å². The molecular formula is C14H20N2O4. The van der Waals surface area contributed by atoms with Crippen LogP contribution in [0.4, 0.5) is 0 Å². The van der Waals surface area contributed by atoms with Crippen molar-refractivity contribution in [2.75, 3.05) is 6.54 Å². The maximum atomic E-state index is 12.2. The Kier molecular flexibility index (Phi) is 5.52. The average Bonchev–Trinajstić information content (AvgIpc) is 2.37. The van der Waals surface area contributed by atoms with Gasteiger partial charge in [-0.2, -0.15) is 0 Å². The van der Waals surface area contributed by atoms with Crippen molar-refractivity contribution in [3.8, 4) is 5.75 Å². The summed E-state index contributed by atoms with van der Waals surface area (Å²) < 4.78 is 0. The highest BCUT2D eigenvalue weighted by Crippen LogP contribution is 2.12. The number of hydrogen-bond acceptors (Lipinski definition) is 4. The number of carbonyl (C=O) groups excluding carboxylic acids is 1. The summed E-state index contributed by atoms with van der Waals surface area (Å²) in [4.78, 5) is 24.2. The van der Waals surface area contributed by atoms with Crippen LogP contribution in [-0.2, 0) is 16.0 Å². The van der Waals surface area contributed by atoms with Crippen molar-refractivity contribution in [2.45, 2.75) is 32.4 Å². The molecule has 1 atom stereocenters. The molecule has 0 fully saturated rings. The Labute approximate surface area is 117 Å². The number of amides is 1. The van der Waals surface area contributed by atoms with Crippen molar-refractivity contribution in [3.63, 3.8) is 0 Å². The number of carbonyl (C=O) groups is 2. The number of carboxylic acids is 1. The summed E-state index contributed by atoms with van der Waals surface area (Å²) in [5.74, 6) is -1.32. The molecule has 1 aromatic rings. The summed E-state index contributed by atoms with van der Waals surface area (Å²) in [7, 11) is 0. The lowest BCUT2D eigenvalue weighted by Gasteiger charge is -2.27. The molecule has 0 aliphatic rings. The zero-order valence-electron chi connectivity index (χ0n) is 11.6. The summed E-state index contributed by atoms with van der Waals surface area (Å²) >= 11 is 0. The van der Waals surface area contributed by atoms with Crippen LogP contribution in [0.15, 0.2) is 24.3 Å². The Hall–Kier alpha value is -2.08. The Morgan fingerprint density at radius 2 is 1.80 bits per heavy atom. The number of nitrogens with zero attached hydrogens (tertiary/aromatic N) is 1. The van der Waals surface area contributed by atoms with E-state index < -0.39 is 17.9 Å². The molecule has 0 radical (unpaired) electrons. The van der Waals surface area contributed by atoms with Crippen LogP contribution in [-0.4, -0.2) is 45.6 Å². The maximum Gasteiger partial charge on any atom is 0.323 e. The highest BCUT2D eigenvalue weighted by atomic mass is 16.4. The second kappa shape index (κ2) is 6.91. The van der Waals surface area contributed by atoms with Gasteiger partial charge in [0.1, 0.15) is 12.3 Å². The third-order valence-corrected chi connectivity index (χ3v) is 2.92. The number of aliphatic carboxylic acids is 1. The molecule has 0 saturated carbocycles. The first-order valence-electron chi connectivity index (χ1n) is 6.37. The molecule has 0 heterocycles. The summed E-state index contributed by atoms with van der Waals surface area (Å²) in [5.41, 5.74) is 6.66. The highest BCUT2D eigenvalue weighted by molar-refractivity contribution is 5.85. The number of rotatable bonds is 6. The van der Waals surface area contributed by atoms with Crippen molar-refractivity contribution in [3.05, 3.63) is 29.8 Å². The minimum Gasteiger partial charge on any atom is -0.508 e. The first-order valence-corrected chi connectivity index (χ1v) is 6.37. The van der Waals surface area contributed by atoms with Crippen molar-refractivity contribution in [1.29, 1.82) is 0 Å². The Morgan fingerprint density at radius 3 is 2.25 bits per heavy atom. The van der Waals surface area contributed by atoms with E-state index in [9.17, 15) is 14.7 Å². The fourth-order valence-corrected chi connectivity index (χ4v) is 1.85. The first kappa shape index (κ1) is 16.0. The average molecular weight is 280 g/mol. The van der Waals surface area contributed by atoms with Gasteiger partial charge >= 0.3 is 5.97 Å². The van der Waals surface area contributed by atoms with Gasteiger partial charge in [0, 0.05) is 6.04 Å². The number of phenols is 1. The van der Waals surface area contributed by atoms with Crippen molar-refractivity contribution < 1.29 is 19.8 Å². The summed E-state index contributed by atoms with van der Waals surface area (Å²) in [6, 6.07) is 5.36. The van der Waals surface area contributed by atoms with Crippen LogP contribution >= 0.6 is 0 Å². The van der Waals surface area contributed by atoms with E-state index in [0.717, 1.165) is 5.56 Å².